The first kappa shape index (κ1) is 11.2. The predicted molar refractivity (Wildman–Crippen MR) is 63.9 cm³/mol. The average Bonchev–Trinajstić information content (AvgIpc) is 2.28. The summed E-state index contributed by atoms with van der Waals surface area (Å²) in [6.07, 6.45) is 3.62. The SMILES string of the molecule is COc1cc(C)cc([C@@H]2CCCC(=O)C2)c1. The highest BCUT2D eigenvalue weighted by Crippen LogP contribution is 2.33. The van der Waals surface area contributed by atoms with Gasteiger partial charge in [-0.15, -0.1) is 0 Å². The summed E-state index contributed by atoms with van der Waals surface area (Å²) in [5, 5.41) is 0. The number of ether oxygens (including phenoxy) is 1. The van der Waals surface area contributed by atoms with Crippen LogP contribution in [-0.4, -0.2) is 12.9 Å². The Hall–Kier alpha value is -1.31. The molecule has 1 fully saturated rings. The van der Waals surface area contributed by atoms with Crippen molar-refractivity contribution in [3.8, 4) is 5.75 Å². The van der Waals surface area contributed by atoms with Crippen LogP contribution in [0.2, 0.25) is 0 Å². The zero-order valence-corrected chi connectivity index (χ0v) is 9.95. The Balaban J connectivity index is 2.24. The number of rotatable bonds is 2. The Bertz CT molecular complexity index is 396. The summed E-state index contributed by atoms with van der Waals surface area (Å²) in [5.41, 5.74) is 2.46. The highest BCUT2D eigenvalue weighted by atomic mass is 16.5. The molecule has 0 N–H and O–H groups in total. The van der Waals surface area contributed by atoms with Gasteiger partial charge in [0, 0.05) is 12.8 Å². The van der Waals surface area contributed by atoms with Gasteiger partial charge in [-0.3, -0.25) is 4.79 Å². The van der Waals surface area contributed by atoms with Gasteiger partial charge in [0.25, 0.3) is 0 Å². The number of carbonyl (C=O) groups excluding carboxylic acids is 1. The summed E-state index contributed by atoms with van der Waals surface area (Å²) in [5.74, 6) is 1.69. The van der Waals surface area contributed by atoms with Crippen molar-refractivity contribution in [1.82, 2.24) is 0 Å². The zero-order chi connectivity index (χ0) is 11.5. The Morgan fingerprint density at radius 3 is 2.81 bits per heavy atom. The summed E-state index contributed by atoms with van der Waals surface area (Å²) >= 11 is 0. The van der Waals surface area contributed by atoms with E-state index in [0.717, 1.165) is 25.0 Å². The molecule has 1 aromatic rings. The molecule has 0 bridgehead atoms. The van der Waals surface area contributed by atoms with Gasteiger partial charge in [-0.1, -0.05) is 6.07 Å². The maximum Gasteiger partial charge on any atom is 0.133 e. The number of carbonyl (C=O) groups is 1. The van der Waals surface area contributed by atoms with Crippen LogP contribution in [0.25, 0.3) is 0 Å². The third-order valence-electron chi connectivity index (χ3n) is 3.26. The first-order valence-corrected chi connectivity index (χ1v) is 5.86. The maximum atomic E-state index is 11.5. The maximum absolute atomic E-state index is 11.5. The number of aryl methyl sites for hydroxylation is 1. The van der Waals surface area contributed by atoms with Gasteiger partial charge in [0.15, 0.2) is 0 Å². The smallest absolute Gasteiger partial charge is 0.133 e. The standard InChI is InChI=1S/C14H18O2/c1-10-6-12(9-14(7-10)16-2)11-4-3-5-13(15)8-11/h6-7,9,11H,3-5,8H2,1-2H3/t11-/m1/s1. The van der Waals surface area contributed by atoms with Crippen molar-refractivity contribution in [2.75, 3.05) is 7.11 Å². The topological polar surface area (TPSA) is 26.3 Å². The Morgan fingerprint density at radius 2 is 2.12 bits per heavy atom. The van der Waals surface area contributed by atoms with Crippen LogP contribution < -0.4 is 4.74 Å². The molecule has 0 heterocycles. The fourth-order valence-electron chi connectivity index (χ4n) is 2.44. The van der Waals surface area contributed by atoms with Gasteiger partial charge < -0.3 is 4.74 Å². The first-order valence-electron chi connectivity index (χ1n) is 5.86. The van der Waals surface area contributed by atoms with Crippen molar-refractivity contribution < 1.29 is 9.53 Å². The fraction of sp³-hybridized carbons (Fsp3) is 0.500. The van der Waals surface area contributed by atoms with E-state index in [1.807, 2.05) is 6.07 Å². The van der Waals surface area contributed by atoms with E-state index in [1.54, 1.807) is 7.11 Å². The minimum atomic E-state index is 0.398. The van der Waals surface area contributed by atoms with Crippen molar-refractivity contribution in [1.29, 1.82) is 0 Å². The number of hydrogen-bond donors (Lipinski definition) is 0. The molecule has 0 saturated heterocycles. The number of ketones is 1. The number of hydrogen-bond acceptors (Lipinski definition) is 2. The predicted octanol–water partition coefficient (Wildman–Crippen LogP) is 3.23. The lowest BCUT2D eigenvalue weighted by Gasteiger charge is -2.22. The molecule has 0 spiro atoms. The van der Waals surface area contributed by atoms with E-state index in [0.29, 0.717) is 18.1 Å². The van der Waals surface area contributed by atoms with E-state index in [1.165, 1.54) is 11.1 Å². The van der Waals surface area contributed by atoms with Gasteiger partial charge in [-0.25, -0.2) is 0 Å². The van der Waals surface area contributed by atoms with Crippen molar-refractivity contribution in [2.45, 2.75) is 38.5 Å². The second-order valence-electron chi connectivity index (χ2n) is 4.62. The molecule has 1 aliphatic carbocycles. The molecule has 1 atom stereocenters. The highest BCUT2D eigenvalue weighted by Gasteiger charge is 2.21. The van der Waals surface area contributed by atoms with Gasteiger partial charge >= 0.3 is 0 Å². The number of methoxy groups -OCH3 is 1. The van der Waals surface area contributed by atoms with Crippen LogP contribution in [0.5, 0.6) is 5.75 Å². The van der Waals surface area contributed by atoms with E-state index in [2.05, 4.69) is 19.1 Å². The van der Waals surface area contributed by atoms with E-state index in [-0.39, 0.29) is 0 Å². The molecule has 0 amide bonds. The van der Waals surface area contributed by atoms with Gasteiger partial charge in [0.1, 0.15) is 11.5 Å². The normalized spacial score (nSPS) is 20.9. The second-order valence-corrected chi connectivity index (χ2v) is 4.62. The third kappa shape index (κ3) is 2.43. The molecule has 2 heteroatoms. The Labute approximate surface area is 96.6 Å². The van der Waals surface area contributed by atoms with Gasteiger partial charge in [-0.2, -0.15) is 0 Å². The molecular formula is C14H18O2. The molecular weight excluding hydrogens is 200 g/mol. The molecule has 1 aliphatic rings. The van der Waals surface area contributed by atoms with E-state index < -0.39 is 0 Å². The largest absolute Gasteiger partial charge is 0.497 e. The fourth-order valence-corrected chi connectivity index (χ4v) is 2.44. The molecule has 16 heavy (non-hydrogen) atoms. The Kier molecular flexibility index (Phi) is 3.28. The minimum absolute atomic E-state index is 0.398. The van der Waals surface area contributed by atoms with Crippen LogP contribution in [-0.2, 0) is 4.79 Å². The molecule has 1 saturated carbocycles. The second kappa shape index (κ2) is 4.69. The molecule has 2 rings (SSSR count). The molecule has 86 valence electrons. The van der Waals surface area contributed by atoms with Crippen LogP contribution in [0.4, 0.5) is 0 Å². The summed E-state index contributed by atoms with van der Waals surface area (Å²) in [7, 11) is 1.69. The van der Waals surface area contributed by atoms with Crippen LogP contribution in [0, 0.1) is 6.92 Å². The summed E-state index contributed by atoms with van der Waals surface area (Å²) in [6, 6.07) is 6.26. The van der Waals surface area contributed by atoms with Gasteiger partial charge in [-0.05, 0) is 48.9 Å². The van der Waals surface area contributed by atoms with Crippen molar-refractivity contribution in [3.63, 3.8) is 0 Å². The van der Waals surface area contributed by atoms with Crippen LogP contribution in [0.1, 0.15) is 42.7 Å². The van der Waals surface area contributed by atoms with Gasteiger partial charge in [0.05, 0.1) is 7.11 Å². The summed E-state index contributed by atoms with van der Waals surface area (Å²) in [4.78, 5) is 11.5. The van der Waals surface area contributed by atoms with Crippen LogP contribution in [0.15, 0.2) is 18.2 Å². The molecule has 0 radical (unpaired) electrons. The van der Waals surface area contributed by atoms with E-state index >= 15 is 0 Å². The molecule has 0 aromatic heterocycles. The minimum Gasteiger partial charge on any atom is -0.497 e. The molecule has 0 unspecified atom stereocenters. The lowest BCUT2D eigenvalue weighted by atomic mass is 9.83. The summed E-state index contributed by atoms with van der Waals surface area (Å²) < 4.78 is 5.27. The third-order valence-corrected chi connectivity index (χ3v) is 3.26. The lowest BCUT2D eigenvalue weighted by Crippen LogP contribution is -2.13. The van der Waals surface area contributed by atoms with Gasteiger partial charge in [0.2, 0.25) is 0 Å². The molecule has 2 nitrogen and oxygen atoms in total. The Morgan fingerprint density at radius 1 is 1.31 bits per heavy atom. The lowest BCUT2D eigenvalue weighted by molar-refractivity contribution is -0.120. The molecule has 0 aliphatic heterocycles. The van der Waals surface area contributed by atoms with Crippen LogP contribution >= 0.6 is 0 Å². The zero-order valence-electron chi connectivity index (χ0n) is 9.95. The highest BCUT2D eigenvalue weighted by molar-refractivity contribution is 5.80. The monoisotopic (exact) mass is 218 g/mol. The quantitative estimate of drug-likeness (QED) is 0.761. The summed E-state index contributed by atoms with van der Waals surface area (Å²) in [6.45, 7) is 2.07. The number of benzene rings is 1. The van der Waals surface area contributed by atoms with Crippen molar-refractivity contribution in [3.05, 3.63) is 29.3 Å². The van der Waals surface area contributed by atoms with E-state index in [4.69, 9.17) is 4.74 Å². The number of Topliss-reactive ketones (excluding diaryl/α,β-unsaturated/α-hetero) is 1. The molecule has 1 aromatic carbocycles. The first-order chi connectivity index (χ1) is 7.69. The van der Waals surface area contributed by atoms with Crippen molar-refractivity contribution in [2.24, 2.45) is 0 Å². The van der Waals surface area contributed by atoms with E-state index in [9.17, 15) is 4.79 Å². The average molecular weight is 218 g/mol. The van der Waals surface area contributed by atoms with Crippen LogP contribution in [0.3, 0.4) is 0 Å². The van der Waals surface area contributed by atoms with Crippen molar-refractivity contribution >= 4 is 5.78 Å².